The van der Waals surface area contributed by atoms with Gasteiger partial charge in [0, 0.05) is 0 Å². The maximum Gasteiger partial charge on any atom is 1.00 e. The zero-order valence-corrected chi connectivity index (χ0v) is 6.64. The van der Waals surface area contributed by atoms with Crippen LogP contribution in [-0.2, 0) is 9.47 Å². The van der Waals surface area contributed by atoms with E-state index in [1.54, 1.807) is 0 Å². The molecule has 0 amide bonds. The molecule has 1 rings (SSSR count). The number of rotatable bonds is 0. The monoisotopic (exact) mass is 126 g/mol. The zero-order chi connectivity index (χ0) is 4.24. The molecule has 1 fully saturated rings. The summed E-state index contributed by atoms with van der Waals surface area (Å²) in [6.07, 6.45) is 0. The Balaban J connectivity index is 0. The summed E-state index contributed by atoms with van der Waals surface area (Å²) < 4.78 is 9.89. The minimum Gasteiger partial charge on any atom is -0.377 e. The second kappa shape index (κ2) is 7.98. The Kier molecular flexibility index (Phi) is 11.7. The fourth-order valence-corrected chi connectivity index (χ4v) is 0.440. The molecule has 1 heterocycles. The van der Waals surface area contributed by atoms with Crippen LogP contribution in [0, 0.1) is 0 Å². The summed E-state index contributed by atoms with van der Waals surface area (Å²) in [5, 5.41) is 0. The molecule has 0 spiro atoms. The molecule has 8 heavy (non-hydrogen) atoms. The summed E-state index contributed by atoms with van der Waals surface area (Å²) in [7, 11) is 0. The number of ether oxygens (including phenoxy) is 2. The smallest absolute Gasteiger partial charge is 0.377 e. The summed E-state index contributed by atoms with van der Waals surface area (Å²) >= 11 is 0. The molecular weight excluding hydrogens is 114 g/mol. The third-order valence-electron chi connectivity index (χ3n) is 0.744. The van der Waals surface area contributed by atoms with Crippen LogP contribution in [0.3, 0.4) is 0 Å². The van der Waals surface area contributed by atoms with E-state index in [-0.39, 0.29) is 38.0 Å². The third kappa shape index (κ3) is 5.13. The van der Waals surface area contributed by atoms with Crippen molar-refractivity contribution in [1.29, 1.82) is 0 Å². The number of hydrogen-bond acceptors (Lipinski definition) is 2. The Morgan fingerprint density at radius 3 is 1.12 bits per heavy atom. The topological polar surface area (TPSA) is 18.5 Å². The fourth-order valence-electron chi connectivity index (χ4n) is 0.440. The summed E-state index contributed by atoms with van der Waals surface area (Å²) in [5.74, 6) is 0. The van der Waals surface area contributed by atoms with E-state index < -0.39 is 0 Å². The van der Waals surface area contributed by atoms with E-state index >= 15 is 0 Å². The molecule has 0 aromatic heterocycles. The van der Waals surface area contributed by atoms with E-state index in [1.165, 1.54) is 0 Å². The van der Waals surface area contributed by atoms with Gasteiger partial charge in [-0.25, -0.2) is 0 Å². The molecule has 0 atom stereocenters. The average molecular weight is 126 g/mol. The van der Waals surface area contributed by atoms with Gasteiger partial charge in [0.25, 0.3) is 0 Å². The Bertz CT molecular complexity index is 29.5. The molecule has 0 unspecified atom stereocenters. The molecule has 0 aromatic carbocycles. The van der Waals surface area contributed by atoms with Gasteiger partial charge in [-0.1, -0.05) is 8.41 Å². The van der Waals surface area contributed by atoms with Crippen molar-refractivity contribution in [2.24, 2.45) is 0 Å². The van der Waals surface area contributed by atoms with Crippen molar-refractivity contribution in [3.63, 3.8) is 0 Å². The zero-order valence-electron chi connectivity index (χ0n) is 4.64. The first kappa shape index (κ1) is 11.7. The molecule has 0 aromatic rings. The van der Waals surface area contributed by atoms with Crippen LogP contribution in [0.2, 0.25) is 0 Å². The van der Waals surface area contributed by atoms with Crippen LogP contribution in [0.15, 0.2) is 0 Å². The second-order valence-electron chi connectivity index (χ2n) is 1.22. The van der Waals surface area contributed by atoms with E-state index in [4.69, 9.17) is 9.47 Å². The van der Waals surface area contributed by atoms with Crippen molar-refractivity contribution in [2.75, 3.05) is 26.4 Å². The molecular formula is C4H12BNaO2. The van der Waals surface area contributed by atoms with Gasteiger partial charge in [-0.15, -0.1) is 0 Å². The van der Waals surface area contributed by atoms with Crippen molar-refractivity contribution in [3.8, 4) is 0 Å². The normalized spacial score (nSPS) is 18.0. The van der Waals surface area contributed by atoms with Gasteiger partial charge in [0.2, 0.25) is 0 Å². The Hall–Kier alpha value is 0.985. The first-order chi connectivity index (χ1) is 3.00. The standard InChI is InChI=1S/C4H8O2.BH4.Na/c1-2-6-4-3-5-1;;/h1-4H2;1H4;/q;-1;+1. The van der Waals surface area contributed by atoms with E-state index in [0.29, 0.717) is 0 Å². The first-order valence-electron chi connectivity index (χ1n) is 2.15. The molecule has 44 valence electrons. The van der Waals surface area contributed by atoms with Crippen molar-refractivity contribution in [1.82, 2.24) is 0 Å². The maximum atomic E-state index is 4.94. The van der Waals surface area contributed by atoms with Crippen LogP contribution >= 0.6 is 0 Å². The predicted molar refractivity (Wildman–Crippen MR) is 33.0 cm³/mol. The van der Waals surface area contributed by atoms with Gasteiger partial charge in [0.1, 0.15) is 0 Å². The van der Waals surface area contributed by atoms with Gasteiger partial charge in [0.05, 0.1) is 26.4 Å². The second-order valence-corrected chi connectivity index (χ2v) is 1.22. The minimum atomic E-state index is 0. The third-order valence-corrected chi connectivity index (χ3v) is 0.744. The van der Waals surface area contributed by atoms with Gasteiger partial charge in [-0.05, 0) is 0 Å². The Labute approximate surface area is 73.8 Å². The van der Waals surface area contributed by atoms with Gasteiger partial charge >= 0.3 is 29.6 Å². The molecule has 0 bridgehead atoms. The average Bonchev–Trinajstić information content (AvgIpc) is 1.72. The molecule has 4 heteroatoms. The molecule has 0 N–H and O–H groups in total. The molecule has 0 radical (unpaired) electrons. The van der Waals surface area contributed by atoms with E-state index in [2.05, 4.69) is 0 Å². The van der Waals surface area contributed by atoms with Crippen molar-refractivity contribution in [2.45, 2.75) is 0 Å². The van der Waals surface area contributed by atoms with Crippen molar-refractivity contribution >= 4 is 8.41 Å². The van der Waals surface area contributed by atoms with Crippen LogP contribution in [0.5, 0.6) is 0 Å². The fraction of sp³-hybridized carbons (Fsp3) is 1.00. The van der Waals surface area contributed by atoms with Gasteiger partial charge in [-0.2, -0.15) is 0 Å². The van der Waals surface area contributed by atoms with Crippen LogP contribution in [-0.4, -0.2) is 34.8 Å². The predicted octanol–water partition coefficient (Wildman–Crippen LogP) is -4.41. The quantitative estimate of drug-likeness (QED) is 0.305. The SMILES string of the molecule is C1COCCO1.[BH4-].[Na+]. The summed E-state index contributed by atoms with van der Waals surface area (Å²) in [6, 6.07) is 0. The molecule has 1 aliphatic rings. The van der Waals surface area contributed by atoms with E-state index in [1.807, 2.05) is 0 Å². The molecule has 2 nitrogen and oxygen atoms in total. The van der Waals surface area contributed by atoms with E-state index in [0.717, 1.165) is 26.4 Å². The largest absolute Gasteiger partial charge is 1.00 e. The maximum absolute atomic E-state index is 4.94. The molecule has 0 aliphatic carbocycles. The summed E-state index contributed by atoms with van der Waals surface area (Å²) in [4.78, 5) is 0. The van der Waals surface area contributed by atoms with Gasteiger partial charge in [-0.3, -0.25) is 0 Å². The van der Waals surface area contributed by atoms with Gasteiger partial charge in [0.15, 0.2) is 0 Å². The minimum absolute atomic E-state index is 0. The molecule has 0 saturated carbocycles. The summed E-state index contributed by atoms with van der Waals surface area (Å²) in [5.41, 5.74) is 0. The molecule has 1 saturated heterocycles. The van der Waals surface area contributed by atoms with Crippen LogP contribution < -0.4 is 29.6 Å². The van der Waals surface area contributed by atoms with Gasteiger partial charge < -0.3 is 9.47 Å². The first-order valence-corrected chi connectivity index (χ1v) is 2.15. The van der Waals surface area contributed by atoms with E-state index in [9.17, 15) is 0 Å². The van der Waals surface area contributed by atoms with Crippen LogP contribution in [0.25, 0.3) is 0 Å². The Morgan fingerprint density at radius 1 is 0.750 bits per heavy atom. The Morgan fingerprint density at radius 2 is 1.00 bits per heavy atom. The van der Waals surface area contributed by atoms with Crippen LogP contribution in [0.1, 0.15) is 0 Å². The number of hydrogen-bond donors (Lipinski definition) is 0. The van der Waals surface area contributed by atoms with Crippen molar-refractivity contribution in [3.05, 3.63) is 0 Å². The summed E-state index contributed by atoms with van der Waals surface area (Å²) in [6.45, 7) is 3.11. The van der Waals surface area contributed by atoms with Crippen LogP contribution in [0.4, 0.5) is 0 Å². The molecule has 1 aliphatic heterocycles. The van der Waals surface area contributed by atoms with Crippen molar-refractivity contribution < 1.29 is 39.0 Å².